The third-order valence-corrected chi connectivity index (χ3v) is 3.26. The summed E-state index contributed by atoms with van der Waals surface area (Å²) in [4.78, 5) is 12.1. The van der Waals surface area contributed by atoms with Gasteiger partial charge >= 0.3 is 0 Å². The Morgan fingerprint density at radius 3 is 2.58 bits per heavy atom. The van der Waals surface area contributed by atoms with E-state index in [2.05, 4.69) is 37.4 Å². The second-order valence-corrected chi connectivity index (χ2v) is 5.74. The highest BCUT2D eigenvalue weighted by molar-refractivity contribution is 5.79. The standard InChI is InChI=1S/C16H26N2O/c1-11(2)7-15(10-17)18-16(19)9-14-8-12(3)5-6-13(14)4/h5-6,8,11,15H,7,9-10,17H2,1-4H3,(H,18,19). The Balaban J connectivity index is 2.61. The maximum Gasteiger partial charge on any atom is 0.224 e. The van der Waals surface area contributed by atoms with Gasteiger partial charge in [0.2, 0.25) is 5.91 Å². The molecule has 0 aliphatic rings. The average Bonchev–Trinajstić information content (AvgIpc) is 2.32. The Morgan fingerprint density at radius 2 is 2.00 bits per heavy atom. The minimum Gasteiger partial charge on any atom is -0.352 e. The molecule has 3 N–H and O–H groups in total. The number of benzene rings is 1. The van der Waals surface area contributed by atoms with Gasteiger partial charge in [0, 0.05) is 12.6 Å². The van der Waals surface area contributed by atoms with Crippen molar-refractivity contribution in [2.75, 3.05) is 6.54 Å². The van der Waals surface area contributed by atoms with Crippen LogP contribution in [0.2, 0.25) is 0 Å². The Morgan fingerprint density at radius 1 is 1.32 bits per heavy atom. The molecule has 1 aromatic rings. The third-order valence-electron chi connectivity index (χ3n) is 3.26. The lowest BCUT2D eigenvalue weighted by molar-refractivity contribution is -0.121. The van der Waals surface area contributed by atoms with E-state index in [9.17, 15) is 4.79 Å². The smallest absolute Gasteiger partial charge is 0.224 e. The predicted octanol–water partition coefficient (Wildman–Crippen LogP) is 2.34. The van der Waals surface area contributed by atoms with Crippen molar-refractivity contribution >= 4 is 5.91 Å². The van der Waals surface area contributed by atoms with Gasteiger partial charge in [-0.05, 0) is 37.3 Å². The molecule has 1 aromatic carbocycles. The fourth-order valence-corrected chi connectivity index (χ4v) is 2.23. The minimum absolute atomic E-state index is 0.0600. The summed E-state index contributed by atoms with van der Waals surface area (Å²) in [6.07, 6.45) is 1.36. The van der Waals surface area contributed by atoms with E-state index in [1.54, 1.807) is 0 Å². The molecule has 0 fully saturated rings. The summed E-state index contributed by atoms with van der Waals surface area (Å²) in [7, 11) is 0. The van der Waals surface area contributed by atoms with Crippen LogP contribution in [0, 0.1) is 19.8 Å². The van der Waals surface area contributed by atoms with Gasteiger partial charge in [-0.15, -0.1) is 0 Å². The zero-order valence-electron chi connectivity index (χ0n) is 12.5. The Labute approximate surface area is 116 Å². The van der Waals surface area contributed by atoms with E-state index in [1.165, 1.54) is 5.56 Å². The summed E-state index contributed by atoms with van der Waals surface area (Å²) >= 11 is 0. The topological polar surface area (TPSA) is 55.1 Å². The number of hydrogen-bond acceptors (Lipinski definition) is 2. The lowest BCUT2D eigenvalue weighted by Gasteiger charge is -2.19. The van der Waals surface area contributed by atoms with Gasteiger partial charge in [-0.3, -0.25) is 4.79 Å². The molecule has 0 bridgehead atoms. The molecule has 1 rings (SSSR count). The van der Waals surface area contributed by atoms with Gasteiger partial charge < -0.3 is 11.1 Å². The van der Waals surface area contributed by atoms with Crippen LogP contribution in [0.15, 0.2) is 18.2 Å². The van der Waals surface area contributed by atoms with E-state index < -0.39 is 0 Å². The number of hydrogen-bond donors (Lipinski definition) is 2. The van der Waals surface area contributed by atoms with Crippen molar-refractivity contribution in [3.05, 3.63) is 34.9 Å². The highest BCUT2D eigenvalue weighted by Crippen LogP contribution is 2.11. The van der Waals surface area contributed by atoms with E-state index in [1.807, 2.05) is 13.8 Å². The summed E-state index contributed by atoms with van der Waals surface area (Å²) in [5.41, 5.74) is 9.14. The molecule has 19 heavy (non-hydrogen) atoms. The molecule has 1 atom stereocenters. The molecule has 0 aliphatic heterocycles. The largest absolute Gasteiger partial charge is 0.352 e. The maximum absolute atomic E-state index is 12.1. The molecule has 1 amide bonds. The lowest BCUT2D eigenvalue weighted by Crippen LogP contribution is -2.41. The first kappa shape index (κ1) is 15.7. The molecule has 3 nitrogen and oxygen atoms in total. The van der Waals surface area contributed by atoms with Gasteiger partial charge in [0.15, 0.2) is 0 Å². The molecular formula is C16H26N2O. The highest BCUT2D eigenvalue weighted by Gasteiger charge is 2.13. The number of amides is 1. The van der Waals surface area contributed by atoms with E-state index >= 15 is 0 Å². The van der Waals surface area contributed by atoms with Crippen LogP contribution in [-0.4, -0.2) is 18.5 Å². The molecule has 106 valence electrons. The molecule has 0 radical (unpaired) electrons. The van der Waals surface area contributed by atoms with Gasteiger partial charge in [0.1, 0.15) is 0 Å². The first-order valence-corrected chi connectivity index (χ1v) is 6.98. The summed E-state index contributed by atoms with van der Waals surface area (Å²) in [5.74, 6) is 0.597. The Hall–Kier alpha value is -1.35. The van der Waals surface area contributed by atoms with Crippen LogP contribution in [0.3, 0.4) is 0 Å². The van der Waals surface area contributed by atoms with Crippen molar-refractivity contribution in [3.8, 4) is 0 Å². The minimum atomic E-state index is 0.0600. The van der Waals surface area contributed by atoms with Gasteiger partial charge in [0.05, 0.1) is 6.42 Å². The first-order chi connectivity index (χ1) is 8.92. The summed E-state index contributed by atoms with van der Waals surface area (Å²) in [6.45, 7) is 8.86. The molecule has 0 spiro atoms. The Kier molecular flexibility index (Phi) is 6.03. The van der Waals surface area contributed by atoms with Crippen molar-refractivity contribution < 1.29 is 4.79 Å². The third kappa shape index (κ3) is 5.43. The average molecular weight is 262 g/mol. The zero-order valence-corrected chi connectivity index (χ0v) is 12.5. The fourth-order valence-electron chi connectivity index (χ4n) is 2.23. The molecule has 0 aliphatic carbocycles. The van der Waals surface area contributed by atoms with Gasteiger partial charge in [-0.1, -0.05) is 37.6 Å². The van der Waals surface area contributed by atoms with Gasteiger partial charge in [-0.2, -0.15) is 0 Å². The summed E-state index contributed by atoms with van der Waals surface area (Å²) in [6, 6.07) is 6.29. The molecule has 1 unspecified atom stereocenters. The number of carbonyl (C=O) groups is 1. The van der Waals surface area contributed by atoms with Crippen molar-refractivity contribution in [2.24, 2.45) is 11.7 Å². The van der Waals surface area contributed by atoms with Crippen molar-refractivity contribution in [2.45, 2.75) is 46.6 Å². The zero-order chi connectivity index (χ0) is 14.4. The number of rotatable bonds is 6. The number of carbonyl (C=O) groups excluding carboxylic acids is 1. The SMILES string of the molecule is Cc1ccc(C)c(CC(=O)NC(CN)CC(C)C)c1. The van der Waals surface area contributed by atoms with Crippen LogP contribution in [0.25, 0.3) is 0 Å². The second kappa shape index (κ2) is 7.29. The second-order valence-electron chi connectivity index (χ2n) is 5.74. The number of nitrogens with two attached hydrogens (primary N) is 1. The van der Waals surface area contributed by atoms with Crippen LogP contribution in [0.4, 0.5) is 0 Å². The van der Waals surface area contributed by atoms with Crippen molar-refractivity contribution in [1.82, 2.24) is 5.32 Å². The molecular weight excluding hydrogens is 236 g/mol. The summed E-state index contributed by atoms with van der Waals surface area (Å²) < 4.78 is 0. The number of aryl methyl sites for hydroxylation is 2. The first-order valence-electron chi connectivity index (χ1n) is 6.98. The van der Waals surface area contributed by atoms with Crippen molar-refractivity contribution in [1.29, 1.82) is 0 Å². The van der Waals surface area contributed by atoms with E-state index in [0.717, 1.165) is 17.5 Å². The van der Waals surface area contributed by atoms with Crippen LogP contribution in [0.5, 0.6) is 0 Å². The lowest BCUT2D eigenvalue weighted by atomic mass is 10.0. The normalized spacial score (nSPS) is 12.5. The monoisotopic (exact) mass is 262 g/mol. The van der Waals surface area contributed by atoms with Gasteiger partial charge in [0.25, 0.3) is 0 Å². The van der Waals surface area contributed by atoms with Crippen LogP contribution in [-0.2, 0) is 11.2 Å². The van der Waals surface area contributed by atoms with Gasteiger partial charge in [-0.25, -0.2) is 0 Å². The molecule has 0 aromatic heterocycles. The van der Waals surface area contributed by atoms with E-state index in [-0.39, 0.29) is 11.9 Å². The van der Waals surface area contributed by atoms with Crippen molar-refractivity contribution in [3.63, 3.8) is 0 Å². The number of nitrogens with one attached hydrogen (secondary N) is 1. The Bertz CT molecular complexity index is 427. The molecule has 0 saturated carbocycles. The van der Waals surface area contributed by atoms with Crippen LogP contribution < -0.4 is 11.1 Å². The van der Waals surface area contributed by atoms with Crippen LogP contribution in [0.1, 0.15) is 37.0 Å². The predicted molar refractivity (Wildman–Crippen MR) is 80.1 cm³/mol. The maximum atomic E-state index is 12.1. The molecule has 0 heterocycles. The highest BCUT2D eigenvalue weighted by atomic mass is 16.1. The molecule has 0 saturated heterocycles. The van der Waals surface area contributed by atoms with E-state index in [4.69, 9.17) is 5.73 Å². The summed E-state index contributed by atoms with van der Waals surface area (Å²) in [5, 5.41) is 3.03. The van der Waals surface area contributed by atoms with Crippen LogP contribution >= 0.6 is 0 Å². The van der Waals surface area contributed by atoms with E-state index in [0.29, 0.717) is 18.9 Å². The molecule has 3 heteroatoms. The fraction of sp³-hybridized carbons (Fsp3) is 0.562. The quantitative estimate of drug-likeness (QED) is 0.826.